The minimum Gasteiger partial charge on any atom is -0.494 e. The molecule has 1 N–H and O–H groups in total. The third-order valence-corrected chi connectivity index (χ3v) is 4.56. The predicted molar refractivity (Wildman–Crippen MR) is 100 cm³/mol. The van der Waals surface area contributed by atoms with Crippen molar-refractivity contribution in [1.82, 2.24) is 0 Å². The lowest BCUT2D eigenvalue weighted by molar-refractivity contribution is -0.226. The zero-order valence-electron chi connectivity index (χ0n) is 16.1. The number of benzene rings is 2. The van der Waals surface area contributed by atoms with Crippen molar-refractivity contribution in [2.24, 2.45) is 5.41 Å². The number of anilines is 1. The first-order valence-electron chi connectivity index (χ1n) is 9.16. The Morgan fingerprint density at radius 1 is 1.17 bits per heavy atom. The van der Waals surface area contributed by atoms with Gasteiger partial charge in [-0.25, -0.2) is 0 Å². The number of alkyl halides is 3. The monoisotopic (exact) mass is 409 g/mol. The second-order valence-corrected chi connectivity index (χ2v) is 7.05. The molecule has 0 aromatic heterocycles. The Balaban J connectivity index is 1.62. The van der Waals surface area contributed by atoms with Crippen LogP contribution in [-0.2, 0) is 20.4 Å². The summed E-state index contributed by atoms with van der Waals surface area (Å²) in [6, 6.07) is 11.7. The fourth-order valence-corrected chi connectivity index (χ4v) is 2.88. The Bertz CT molecular complexity index is 844. The van der Waals surface area contributed by atoms with E-state index in [9.17, 15) is 18.0 Å². The van der Waals surface area contributed by atoms with Crippen molar-refractivity contribution in [3.63, 3.8) is 0 Å². The summed E-state index contributed by atoms with van der Waals surface area (Å²) in [5.74, 6) is 0.397. The maximum absolute atomic E-state index is 12.9. The van der Waals surface area contributed by atoms with Gasteiger partial charge in [-0.05, 0) is 50.2 Å². The van der Waals surface area contributed by atoms with Crippen LogP contribution < -0.4 is 10.1 Å². The minimum absolute atomic E-state index is 0.0107. The van der Waals surface area contributed by atoms with E-state index >= 15 is 0 Å². The lowest BCUT2D eigenvalue weighted by Crippen LogP contribution is -2.45. The van der Waals surface area contributed by atoms with E-state index in [2.05, 4.69) is 5.32 Å². The van der Waals surface area contributed by atoms with E-state index in [-0.39, 0.29) is 24.7 Å². The highest BCUT2D eigenvalue weighted by atomic mass is 19.4. The molecule has 0 aliphatic carbocycles. The van der Waals surface area contributed by atoms with Gasteiger partial charge in [0.1, 0.15) is 5.75 Å². The lowest BCUT2D eigenvalue weighted by atomic mass is 9.90. The average Bonchev–Trinajstić information content (AvgIpc) is 2.70. The molecule has 1 amide bonds. The number of carbonyl (C=O) groups is 1. The van der Waals surface area contributed by atoms with Gasteiger partial charge >= 0.3 is 6.18 Å². The van der Waals surface area contributed by atoms with Crippen molar-refractivity contribution in [3.05, 3.63) is 59.7 Å². The molecule has 1 heterocycles. The molecule has 0 bridgehead atoms. The highest BCUT2D eigenvalue weighted by molar-refractivity contribution is 5.95. The van der Waals surface area contributed by atoms with Crippen molar-refractivity contribution in [2.75, 3.05) is 25.1 Å². The third-order valence-electron chi connectivity index (χ3n) is 4.56. The molecule has 0 unspecified atom stereocenters. The summed E-state index contributed by atoms with van der Waals surface area (Å²) in [5.41, 5.74) is -0.895. The van der Waals surface area contributed by atoms with E-state index in [0.717, 1.165) is 12.1 Å². The number of rotatable bonds is 5. The second-order valence-electron chi connectivity index (χ2n) is 7.05. The molecule has 2 aromatic rings. The highest BCUT2D eigenvalue weighted by Crippen LogP contribution is 2.35. The Morgan fingerprint density at radius 3 is 2.41 bits per heavy atom. The summed E-state index contributed by atoms with van der Waals surface area (Å²) in [7, 11) is 0. The number of amides is 1. The zero-order chi connectivity index (χ0) is 21.1. The van der Waals surface area contributed by atoms with Gasteiger partial charge < -0.3 is 19.5 Å². The third kappa shape index (κ3) is 5.07. The number of carbonyl (C=O) groups excluding carboxylic acids is 1. The SMILES string of the molecule is CCOc1ccc(NC(=O)C2(C)COC(c3cccc(C(F)(F)F)c3)OC2)cc1. The summed E-state index contributed by atoms with van der Waals surface area (Å²) in [6.07, 6.45) is -5.40. The molecule has 156 valence electrons. The molecule has 3 rings (SSSR count). The molecule has 5 nitrogen and oxygen atoms in total. The van der Waals surface area contributed by atoms with Crippen molar-refractivity contribution < 1.29 is 32.2 Å². The Kier molecular flexibility index (Phi) is 6.14. The number of halogens is 3. The van der Waals surface area contributed by atoms with Gasteiger partial charge in [-0.2, -0.15) is 13.2 Å². The van der Waals surface area contributed by atoms with E-state index in [1.165, 1.54) is 12.1 Å². The summed E-state index contributed by atoms with van der Waals surface area (Å²) < 4.78 is 55.2. The highest BCUT2D eigenvalue weighted by Gasteiger charge is 2.40. The normalized spacial score (nSPS) is 22.2. The molecule has 0 saturated carbocycles. The summed E-state index contributed by atoms with van der Waals surface area (Å²) >= 11 is 0. The maximum Gasteiger partial charge on any atom is 0.416 e. The van der Waals surface area contributed by atoms with Crippen molar-refractivity contribution >= 4 is 11.6 Å². The van der Waals surface area contributed by atoms with Gasteiger partial charge in [0.25, 0.3) is 0 Å². The molecule has 1 saturated heterocycles. The van der Waals surface area contributed by atoms with Gasteiger partial charge in [-0.1, -0.05) is 12.1 Å². The quantitative estimate of drug-likeness (QED) is 0.771. The number of nitrogens with one attached hydrogen (secondary N) is 1. The van der Waals surface area contributed by atoms with Crippen LogP contribution in [0.5, 0.6) is 5.75 Å². The van der Waals surface area contributed by atoms with Gasteiger partial charge in [0.15, 0.2) is 6.29 Å². The van der Waals surface area contributed by atoms with E-state index < -0.39 is 23.4 Å². The van der Waals surface area contributed by atoms with E-state index in [1.54, 1.807) is 31.2 Å². The van der Waals surface area contributed by atoms with Crippen LogP contribution in [-0.4, -0.2) is 25.7 Å². The van der Waals surface area contributed by atoms with Gasteiger partial charge in [0.2, 0.25) is 5.91 Å². The van der Waals surface area contributed by atoms with Crippen LogP contribution in [0.3, 0.4) is 0 Å². The molecular formula is C21H22F3NO4. The average molecular weight is 409 g/mol. The van der Waals surface area contributed by atoms with Crippen LogP contribution in [0.25, 0.3) is 0 Å². The molecular weight excluding hydrogens is 387 g/mol. The van der Waals surface area contributed by atoms with E-state index in [4.69, 9.17) is 14.2 Å². The number of ether oxygens (including phenoxy) is 3. The molecule has 1 aliphatic rings. The minimum atomic E-state index is -4.45. The Hall–Kier alpha value is -2.58. The van der Waals surface area contributed by atoms with Crippen LogP contribution in [0.1, 0.15) is 31.3 Å². The molecule has 2 aromatic carbocycles. The van der Waals surface area contributed by atoms with Gasteiger partial charge in [-0.15, -0.1) is 0 Å². The predicted octanol–water partition coefficient (Wildman–Crippen LogP) is 4.79. The molecule has 1 fully saturated rings. The van der Waals surface area contributed by atoms with Gasteiger partial charge in [-0.3, -0.25) is 4.79 Å². The molecule has 8 heteroatoms. The molecule has 29 heavy (non-hydrogen) atoms. The topological polar surface area (TPSA) is 56.8 Å². The fraction of sp³-hybridized carbons (Fsp3) is 0.381. The molecule has 0 atom stereocenters. The first-order chi connectivity index (χ1) is 13.7. The van der Waals surface area contributed by atoms with Crippen molar-refractivity contribution in [2.45, 2.75) is 26.3 Å². The van der Waals surface area contributed by atoms with Crippen LogP contribution in [0.2, 0.25) is 0 Å². The largest absolute Gasteiger partial charge is 0.494 e. The smallest absolute Gasteiger partial charge is 0.416 e. The first-order valence-corrected chi connectivity index (χ1v) is 9.16. The maximum atomic E-state index is 12.9. The standard InChI is InChI=1S/C21H22F3NO4/c1-3-27-17-9-7-16(8-10-17)25-19(26)20(2)12-28-18(29-13-20)14-5-4-6-15(11-14)21(22,23)24/h4-11,18H,3,12-13H2,1-2H3,(H,25,26). The van der Waals surface area contributed by atoms with Crippen LogP contribution >= 0.6 is 0 Å². The van der Waals surface area contributed by atoms with Gasteiger partial charge in [0, 0.05) is 11.3 Å². The molecule has 0 spiro atoms. The lowest BCUT2D eigenvalue weighted by Gasteiger charge is -2.36. The van der Waals surface area contributed by atoms with Crippen molar-refractivity contribution in [1.29, 1.82) is 0 Å². The second kappa shape index (κ2) is 8.42. The fourth-order valence-electron chi connectivity index (χ4n) is 2.88. The zero-order valence-corrected chi connectivity index (χ0v) is 16.1. The summed E-state index contributed by atoms with van der Waals surface area (Å²) in [5, 5.41) is 2.80. The number of hydrogen-bond acceptors (Lipinski definition) is 4. The first kappa shape index (κ1) is 21.1. The van der Waals surface area contributed by atoms with Gasteiger partial charge in [0.05, 0.1) is 30.8 Å². The van der Waals surface area contributed by atoms with E-state index in [0.29, 0.717) is 18.0 Å². The summed E-state index contributed by atoms with van der Waals surface area (Å²) in [4.78, 5) is 12.7. The summed E-state index contributed by atoms with van der Waals surface area (Å²) in [6.45, 7) is 4.13. The van der Waals surface area contributed by atoms with Crippen LogP contribution in [0, 0.1) is 5.41 Å². The number of hydrogen-bond donors (Lipinski definition) is 1. The molecule has 0 radical (unpaired) electrons. The van der Waals surface area contributed by atoms with E-state index in [1.807, 2.05) is 6.92 Å². The Morgan fingerprint density at radius 2 is 1.83 bits per heavy atom. The molecule has 1 aliphatic heterocycles. The van der Waals surface area contributed by atoms with Crippen LogP contribution in [0.15, 0.2) is 48.5 Å². The van der Waals surface area contributed by atoms with Crippen molar-refractivity contribution in [3.8, 4) is 5.75 Å². The Labute approximate surface area is 166 Å². The van der Waals surface area contributed by atoms with Crippen LogP contribution in [0.4, 0.5) is 18.9 Å².